The van der Waals surface area contributed by atoms with Crippen molar-refractivity contribution in [1.29, 1.82) is 0 Å². The minimum atomic E-state index is -0.372. The van der Waals surface area contributed by atoms with Gasteiger partial charge >= 0.3 is 0 Å². The predicted octanol–water partition coefficient (Wildman–Crippen LogP) is 1.87. The van der Waals surface area contributed by atoms with Crippen LogP contribution in [0.1, 0.15) is 24.5 Å². The molecule has 0 bridgehead atoms. The van der Waals surface area contributed by atoms with E-state index in [1.54, 1.807) is 12.1 Å². The Hall–Kier alpha value is -2.81. The molecule has 2 atom stereocenters. The first-order chi connectivity index (χ1) is 14.5. The fourth-order valence-electron chi connectivity index (χ4n) is 3.05. The summed E-state index contributed by atoms with van der Waals surface area (Å²) in [6.07, 6.45) is 3.26. The highest BCUT2D eigenvalue weighted by atomic mass is 35.5. The molecule has 158 valence electrons. The second kappa shape index (κ2) is 10.8. The zero-order valence-corrected chi connectivity index (χ0v) is 17.6. The molecule has 0 aliphatic heterocycles. The zero-order valence-electron chi connectivity index (χ0n) is 16.8. The Morgan fingerprint density at radius 2 is 2.03 bits per heavy atom. The van der Waals surface area contributed by atoms with Crippen LogP contribution >= 0.6 is 11.6 Å². The smallest absolute Gasteiger partial charge is 0.237 e. The average molecular weight is 428 g/mol. The molecule has 2 aromatic carbocycles. The first-order valence-corrected chi connectivity index (χ1v) is 10.2. The molecular weight excluding hydrogens is 402 g/mol. The summed E-state index contributed by atoms with van der Waals surface area (Å²) in [6, 6.07) is 15.2. The molecule has 0 saturated heterocycles. The van der Waals surface area contributed by atoms with Crippen molar-refractivity contribution in [3.63, 3.8) is 0 Å². The number of amides is 1. The number of aryl methyl sites for hydroxylation is 1. The van der Waals surface area contributed by atoms with E-state index in [1.807, 2.05) is 31.2 Å². The number of tetrazole rings is 1. The van der Waals surface area contributed by atoms with Gasteiger partial charge in [-0.1, -0.05) is 41.9 Å². The van der Waals surface area contributed by atoms with E-state index in [2.05, 4.69) is 38.3 Å². The Bertz CT molecular complexity index is 934. The first-order valence-electron chi connectivity index (χ1n) is 9.85. The Labute approximate surface area is 180 Å². The molecule has 0 aliphatic rings. The third-order valence-electron chi connectivity index (χ3n) is 4.82. The van der Waals surface area contributed by atoms with E-state index >= 15 is 0 Å². The maximum Gasteiger partial charge on any atom is 0.237 e. The molecule has 3 rings (SSSR count). The first kappa shape index (κ1) is 21.9. The van der Waals surface area contributed by atoms with Crippen molar-refractivity contribution in [2.24, 2.45) is 5.73 Å². The highest BCUT2D eigenvalue weighted by molar-refractivity contribution is 6.30. The van der Waals surface area contributed by atoms with Gasteiger partial charge in [0.15, 0.2) is 0 Å². The molecule has 3 aromatic rings. The van der Waals surface area contributed by atoms with E-state index in [0.717, 1.165) is 24.1 Å². The zero-order chi connectivity index (χ0) is 21.3. The molecular formula is C21H26ClN7O. The van der Waals surface area contributed by atoms with Crippen molar-refractivity contribution in [1.82, 2.24) is 30.8 Å². The van der Waals surface area contributed by atoms with Crippen LogP contribution in [0.2, 0.25) is 5.02 Å². The van der Waals surface area contributed by atoms with Crippen molar-refractivity contribution in [3.8, 4) is 5.69 Å². The molecule has 0 fully saturated rings. The number of hydrogen-bond acceptors (Lipinski definition) is 6. The number of nitrogens with two attached hydrogens (primary N) is 1. The molecule has 30 heavy (non-hydrogen) atoms. The van der Waals surface area contributed by atoms with Gasteiger partial charge in [0.1, 0.15) is 6.33 Å². The number of nitrogens with zero attached hydrogens (tertiary/aromatic N) is 4. The van der Waals surface area contributed by atoms with Crippen LogP contribution in [0, 0.1) is 0 Å². The van der Waals surface area contributed by atoms with Crippen molar-refractivity contribution in [2.45, 2.75) is 38.4 Å². The minimum absolute atomic E-state index is 0.0280. The van der Waals surface area contributed by atoms with Crippen LogP contribution in [0.25, 0.3) is 5.69 Å². The van der Waals surface area contributed by atoms with Crippen LogP contribution in [0.15, 0.2) is 54.9 Å². The second-order valence-electron chi connectivity index (χ2n) is 7.16. The lowest BCUT2D eigenvalue weighted by Gasteiger charge is -2.18. The number of hydrogen-bond donors (Lipinski definition) is 3. The lowest BCUT2D eigenvalue weighted by atomic mass is 10.1. The molecule has 0 unspecified atom stereocenters. The molecule has 0 aliphatic carbocycles. The van der Waals surface area contributed by atoms with Crippen LogP contribution in [-0.4, -0.2) is 44.7 Å². The molecule has 1 heterocycles. The molecule has 1 amide bonds. The van der Waals surface area contributed by atoms with Crippen LogP contribution in [-0.2, 0) is 17.8 Å². The normalized spacial score (nSPS) is 13.0. The van der Waals surface area contributed by atoms with Gasteiger partial charge in [0.2, 0.25) is 5.91 Å². The summed E-state index contributed by atoms with van der Waals surface area (Å²) in [5, 5.41) is 17.9. The molecule has 0 radical (unpaired) electrons. The quantitative estimate of drug-likeness (QED) is 0.455. The van der Waals surface area contributed by atoms with Gasteiger partial charge in [-0.3, -0.25) is 4.79 Å². The molecule has 9 heteroatoms. The summed E-state index contributed by atoms with van der Waals surface area (Å²) in [6.45, 7) is 2.69. The van der Waals surface area contributed by atoms with Gasteiger partial charge in [0.05, 0.1) is 11.7 Å². The van der Waals surface area contributed by atoms with Gasteiger partial charge in [-0.2, -0.15) is 0 Å². The Kier molecular flexibility index (Phi) is 7.89. The molecule has 0 saturated carbocycles. The summed E-state index contributed by atoms with van der Waals surface area (Å²) >= 11 is 6.11. The van der Waals surface area contributed by atoms with Crippen molar-refractivity contribution in [2.75, 3.05) is 6.54 Å². The van der Waals surface area contributed by atoms with Crippen LogP contribution in [0.3, 0.4) is 0 Å². The SMILES string of the molecule is C[C@H](NC[C@H](N)CCc1ccccc1)C(=O)NCc1cc(Cl)ccc1-n1cnnn1. The summed E-state index contributed by atoms with van der Waals surface area (Å²) in [5.74, 6) is -0.118. The summed E-state index contributed by atoms with van der Waals surface area (Å²) in [7, 11) is 0. The average Bonchev–Trinajstić information content (AvgIpc) is 3.29. The lowest BCUT2D eigenvalue weighted by Crippen LogP contribution is -2.46. The number of carbonyl (C=O) groups is 1. The number of halogens is 1. The van der Waals surface area contributed by atoms with Crippen LogP contribution < -0.4 is 16.4 Å². The van der Waals surface area contributed by atoms with Crippen molar-refractivity contribution >= 4 is 17.5 Å². The summed E-state index contributed by atoms with van der Waals surface area (Å²) in [5.41, 5.74) is 9.03. The topological polar surface area (TPSA) is 111 Å². The molecule has 8 nitrogen and oxygen atoms in total. The van der Waals surface area contributed by atoms with Gasteiger partial charge < -0.3 is 16.4 Å². The molecule has 1 aromatic heterocycles. The summed E-state index contributed by atoms with van der Waals surface area (Å²) < 4.78 is 1.53. The Morgan fingerprint density at radius 1 is 1.23 bits per heavy atom. The Morgan fingerprint density at radius 3 is 2.77 bits per heavy atom. The third-order valence-corrected chi connectivity index (χ3v) is 5.05. The van der Waals surface area contributed by atoms with Crippen LogP contribution in [0.5, 0.6) is 0 Å². The number of aromatic nitrogens is 4. The van der Waals surface area contributed by atoms with Gasteiger partial charge in [-0.25, -0.2) is 4.68 Å². The number of rotatable bonds is 10. The van der Waals surface area contributed by atoms with Gasteiger partial charge in [-0.15, -0.1) is 5.10 Å². The summed E-state index contributed by atoms with van der Waals surface area (Å²) in [4.78, 5) is 12.5. The standard InChI is InChI=1S/C21H26ClN7O/c1-15(24-13-19(23)9-7-16-5-3-2-4-6-16)21(30)25-12-17-11-18(22)8-10-20(17)29-14-26-27-28-29/h2-6,8,10-11,14-15,19,24H,7,9,12-13,23H2,1H3,(H,25,30)/t15-,19+/m0/s1. The number of benzene rings is 2. The molecule has 4 N–H and O–H groups in total. The molecule has 0 spiro atoms. The fourth-order valence-corrected chi connectivity index (χ4v) is 3.24. The minimum Gasteiger partial charge on any atom is -0.351 e. The van der Waals surface area contributed by atoms with Gasteiger partial charge in [-0.05, 0) is 59.5 Å². The van der Waals surface area contributed by atoms with Crippen molar-refractivity contribution < 1.29 is 4.79 Å². The maximum atomic E-state index is 12.5. The number of nitrogens with one attached hydrogen (secondary N) is 2. The van der Waals surface area contributed by atoms with E-state index in [1.165, 1.54) is 16.6 Å². The van der Waals surface area contributed by atoms with E-state index in [-0.39, 0.29) is 18.0 Å². The second-order valence-corrected chi connectivity index (χ2v) is 7.60. The highest BCUT2D eigenvalue weighted by Crippen LogP contribution is 2.18. The van der Waals surface area contributed by atoms with Gasteiger partial charge in [0.25, 0.3) is 0 Å². The number of carbonyl (C=O) groups excluding carboxylic acids is 1. The van der Waals surface area contributed by atoms with E-state index < -0.39 is 0 Å². The van der Waals surface area contributed by atoms with E-state index in [0.29, 0.717) is 18.1 Å². The largest absolute Gasteiger partial charge is 0.351 e. The van der Waals surface area contributed by atoms with Gasteiger partial charge in [0, 0.05) is 24.2 Å². The van der Waals surface area contributed by atoms with Crippen LogP contribution in [0.4, 0.5) is 0 Å². The van der Waals surface area contributed by atoms with E-state index in [4.69, 9.17) is 17.3 Å². The van der Waals surface area contributed by atoms with Crippen molar-refractivity contribution in [3.05, 3.63) is 71.0 Å². The van der Waals surface area contributed by atoms with E-state index in [9.17, 15) is 4.79 Å². The lowest BCUT2D eigenvalue weighted by molar-refractivity contribution is -0.122. The third kappa shape index (κ3) is 6.35. The monoisotopic (exact) mass is 427 g/mol. The fraction of sp³-hybridized carbons (Fsp3) is 0.333. The predicted molar refractivity (Wildman–Crippen MR) is 116 cm³/mol. The maximum absolute atomic E-state index is 12.5. The highest BCUT2D eigenvalue weighted by Gasteiger charge is 2.15. The Balaban J connectivity index is 1.46.